The van der Waals surface area contributed by atoms with Crippen LogP contribution in [0.5, 0.6) is 0 Å². The molecular weight excluding hydrogens is 327 g/mol. The number of benzene rings is 1. The number of hydrogen-bond acceptors (Lipinski definition) is 4. The summed E-state index contributed by atoms with van der Waals surface area (Å²) in [5.74, 6) is -0.467. The SMILES string of the molecule is CCCNC(=O)c1csc(-c2c(-c3ccc(F)cc3)ncn2C)n1. The molecule has 2 aromatic heterocycles. The van der Waals surface area contributed by atoms with Gasteiger partial charge in [0.05, 0.1) is 12.0 Å². The van der Waals surface area contributed by atoms with E-state index < -0.39 is 0 Å². The Hall–Kier alpha value is -2.54. The summed E-state index contributed by atoms with van der Waals surface area (Å²) in [7, 11) is 1.87. The molecule has 0 aliphatic carbocycles. The third-order valence-electron chi connectivity index (χ3n) is 3.53. The van der Waals surface area contributed by atoms with Crippen LogP contribution in [-0.4, -0.2) is 27.0 Å². The van der Waals surface area contributed by atoms with E-state index in [-0.39, 0.29) is 11.7 Å². The van der Waals surface area contributed by atoms with Crippen LogP contribution < -0.4 is 5.32 Å². The van der Waals surface area contributed by atoms with E-state index in [0.29, 0.717) is 22.9 Å². The first-order valence-corrected chi connectivity index (χ1v) is 8.49. The van der Waals surface area contributed by atoms with E-state index in [9.17, 15) is 9.18 Å². The number of hydrogen-bond donors (Lipinski definition) is 1. The molecule has 0 bridgehead atoms. The Labute approximate surface area is 143 Å². The van der Waals surface area contributed by atoms with Gasteiger partial charge in [0.25, 0.3) is 5.91 Å². The van der Waals surface area contributed by atoms with Gasteiger partial charge in [-0.1, -0.05) is 6.92 Å². The largest absolute Gasteiger partial charge is 0.351 e. The molecule has 0 fully saturated rings. The van der Waals surface area contributed by atoms with E-state index in [4.69, 9.17) is 0 Å². The molecule has 7 heteroatoms. The quantitative estimate of drug-likeness (QED) is 0.771. The van der Waals surface area contributed by atoms with E-state index in [1.54, 1.807) is 23.8 Å². The van der Waals surface area contributed by atoms with Crippen molar-refractivity contribution in [3.05, 3.63) is 47.5 Å². The molecule has 3 rings (SSSR count). The van der Waals surface area contributed by atoms with Crippen LogP contribution in [0.4, 0.5) is 4.39 Å². The number of nitrogens with one attached hydrogen (secondary N) is 1. The lowest BCUT2D eigenvalue weighted by Crippen LogP contribution is -2.24. The fourth-order valence-corrected chi connectivity index (χ4v) is 3.20. The van der Waals surface area contributed by atoms with E-state index in [2.05, 4.69) is 15.3 Å². The third-order valence-corrected chi connectivity index (χ3v) is 4.38. The molecular formula is C17H17FN4OS. The minimum absolute atomic E-state index is 0.176. The Kier molecular flexibility index (Phi) is 4.71. The Bertz CT molecular complexity index is 854. The number of carbonyl (C=O) groups excluding carboxylic acids is 1. The highest BCUT2D eigenvalue weighted by Crippen LogP contribution is 2.32. The van der Waals surface area contributed by atoms with Gasteiger partial charge in [0.2, 0.25) is 0 Å². The third kappa shape index (κ3) is 3.21. The van der Waals surface area contributed by atoms with Crippen LogP contribution in [0.25, 0.3) is 22.0 Å². The molecule has 3 aromatic rings. The number of aromatic nitrogens is 3. The van der Waals surface area contributed by atoms with Gasteiger partial charge in [-0.05, 0) is 30.7 Å². The molecule has 0 atom stereocenters. The molecule has 0 aliphatic rings. The van der Waals surface area contributed by atoms with Gasteiger partial charge >= 0.3 is 0 Å². The lowest BCUT2D eigenvalue weighted by Gasteiger charge is -2.03. The minimum Gasteiger partial charge on any atom is -0.351 e. The lowest BCUT2D eigenvalue weighted by molar-refractivity contribution is 0.0949. The smallest absolute Gasteiger partial charge is 0.270 e. The Morgan fingerprint density at radius 1 is 1.33 bits per heavy atom. The molecule has 1 amide bonds. The summed E-state index contributed by atoms with van der Waals surface area (Å²) in [6, 6.07) is 6.17. The normalized spacial score (nSPS) is 10.8. The number of aryl methyl sites for hydroxylation is 1. The van der Waals surface area contributed by atoms with Gasteiger partial charge in [0.1, 0.15) is 22.2 Å². The zero-order valence-corrected chi connectivity index (χ0v) is 14.2. The van der Waals surface area contributed by atoms with Crippen LogP contribution in [0.2, 0.25) is 0 Å². The maximum atomic E-state index is 13.1. The summed E-state index contributed by atoms with van der Waals surface area (Å²) < 4.78 is 15.0. The molecule has 0 unspecified atom stereocenters. The summed E-state index contributed by atoms with van der Waals surface area (Å²) in [5, 5.41) is 5.26. The number of carbonyl (C=O) groups is 1. The summed E-state index contributed by atoms with van der Waals surface area (Å²) in [6.45, 7) is 2.62. The van der Waals surface area contributed by atoms with Gasteiger partial charge in [-0.3, -0.25) is 4.79 Å². The van der Waals surface area contributed by atoms with E-state index in [1.165, 1.54) is 23.5 Å². The van der Waals surface area contributed by atoms with Crippen molar-refractivity contribution < 1.29 is 9.18 Å². The standard InChI is InChI=1S/C17H17FN4OS/c1-3-8-19-16(23)13-9-24-17(21-13)15-14(20-10-22(15)2)11-4-6-12(18)7-5-11/h4-7,9-10H,3,8H2,1-2H3,(H,19,23). The second-order valence-corrected chi connectivity index (χ2v) is 6.21. The fraction of sp³-hybridized carbons (Fsp3) is 0.235. The van der Waals surface area contributed by atoms with Crippen LogP contribution in [0.1, 0.15) is 23.8 Å². The van der Waals surface area contributed by atoms with Crippen LogP contribution >= 0.6 is 11.3 Å². The predicted octanol–water partition coefficient (Wildman–Crippen LogP) is 3.49. The fourth-order valence-electron chi connectivity index (χ4n) is 2.32. The van der Waals surface area contributed by atoms with Crippen molar-refractivity contribution in [2.45, 2.75) is 13.3 Å². The zero-order chi connectivity index (χ0) is 17.1. The van der Waals surface area contributed by atoms with Gasteiger partial charge in [0.15, 0.2) is 0 Å². The molecule has 1 N–H and O–H groups in total. The number of imidazole rings is 1. The van der Waals surface area contributed by atoms with Crippen LogP contribution in [0.15, 0.2) is 36.0 Å². The van der Waals surface area contributed by atoms with Crippen molar-refractivity contribution in [3.8, 4) is 22.0 Å². The number of halogens is 1. The number of rotatable bonds is 5. The average molecular weight is 344 g/mol. The first-order valence-electron chi connectivity index (χ1n) is 7.61. The molecule has 0 aliphatic heterocycles. The van der Waals surface area contributed by atoms with Gasteiger partial charge < -0.3 is 9.88 Å². The Balaban J connectivity index is 1.96. The second-order valence-electron chi connectivity index (χ2n) is 5.35. The molecule has 5 nitrogen and oxygen atoms in total. The van der Waals surface area contributed by atoms with Gasteiger partial charge in [-0.15, -0.1) is 11.3 Å². The highest BCUT2D eigenvalue weighted by Gasteiger charge is 2.18. The van der Waals surface area contributed by atoms with Crippen LogP contribution in [0, 0.1) is 5.82 Å². The van der Waals surface area contributed by atoms with Crippen molar-refractivity contribution in [1.82, 2.24) is 19.9 Å². The lowest BCUT2D eigenvalue weighted by atomic mass is 10.1. The first kappa shape index (κ1) is 16.3. The first-order chi connectivity index (χ1) is 11.6. The molecule has 0 saturated heterocycles. The summed E-state index contributed by atoms with van der Waals surface area (Å²) >= 11 is 1.39. The van der Waals surface area contributed by atoms with E-state index in [0.717, 1.165) is 17.7 Å². The maximum absolute atomic E-state index is 13.1. The zero-order valence-electron chi connectivity index (χ0n) is 13.4. The van der Waals surface area contributed by atoms with Crippen molar-refractivity contribution in [1.29, 1.82) is 0 Å². The van der Waals surface area contributed by atoms with Crippen molar-refractivity contribution in [3.63, 3.8) is 0 Å². The Morgan fingerprint density at radius 2 is 2.08 bits per heavy atom. The van der Waals surface area contributed by atoms with Gasteiger partial charge in [-0.25, -0.2) is 14.4 Å². The highest BCUT2D eigenvalue weighted by molar-refractivity contribution is 7.13. The topological polar surface area (TPSA) is 59.8 Å². The number of amides is 1. The monoisotopic (exact) mass is 344 g/mol. The van der Waals surface area contributed by atoms with Crippen LogP contribution in [0.3, 0.4) is 0 Å². The highest BCUT2D eigenvalue weighted by atomic mass is 32.1. The van der Waals surface area contributed by atoms with E-state index in [1.807, 2.05) is 18.5 Å². The molecule has 2 heterocycles. The van der Waals surface area contributed by atoms with Crippen molar-refractivity contribution in [2.75, 3.05) is 6.54 Å². The van der Waals surface area contributed by atoms with Gasteiger partial charge in [-0.2, -0.15) is 0 Å². The second kappa shape index (κ2) is 6.92. The van der Waals surface area contributed by atoms with Gasteiger partial charge in [0, 0.05) is 24.5 Å². The maximum Gasteiger partial charge on any atom is 0.270 e. The summed E-state index contributed by atoms with van der Waals surface area (Å²) in [5.41, 5.74) is 2.72. The predicted molar refractivity (Wildman–Crippen MR) is 92.3 cm³/mol. The van der Waals surface area contributed by atoms with Crippen molar-refractivity contribution in [2.24, 2.45) is 7.05 Å². The summed E-state index contributed by atoms with van der Waals surface area (Å²) in [4.78, 5) is 20.9. The molecule has 0 saturated carbocycles. The number of nitrogens with zero attached hydrogens (tertiary/aromatic N) is 3. The number of thiazole rings is 1. The van der Waals surface area contributed by atoms with E-state index >= 15 is 0 Å². The molecule has 24 heavy (non-hydrogen) atoms. The molecule has 1 aromatic carbocycles. The average Bonchev–Trinajstić information content (AvgIpc) is 3.20. The molecule has 0 radical (unpaired) electrons. The minimum atomic E-state index is -0.291. The van der Waals surface area contributed by atoms with Crippen molar-refractivity contribution >= 4 is 17.2 Å². The Morgan fingerprint density at radius 3 is 2.79 bits per heavy atom. The molecule has 124 valence electrons. The molecule has 0 spiro atoms. The van der Waals surface area contributed by atoms with Crippen LogP contribution in [-0.2, 0) is 7.05 Å². The summed E-state index contributed by atoms with van der Waals surface area (Å²) in [6.07, 6.45) is 2.56.